The molecule has 25 heavy (non-hydrogen) atoms. The molecule has 1 aliphatic heterocycles. The number of carboxylic acid groups (broad SMARTS) is 1. The Bertz CT molecular complexity index is 811. The largest absolute Gasteiger partial charge is 0.477 e. The molecule has 1 atom stereocenters. The Morgan fingerprint density at radius 2 is 2.08 bits per heavy atom. The van der Waals surface area contributed by atoms with Crippen molar-refractivity contribution in [1.82, 2.24) is 4.98 Å². The van der Waals surface area contributed by atoms with Gasteiger partial charge in [-0.1, -0.05) is 17.7 Å². The number of carboxylic acids is 1. The van der Waals surface area contributed by atoms with Crippen LogP contribution in [0.15, 0.2) is 36.5 Å². The molecule has 1 N–H and O–H groups in total. The van der Waals surface area contributed by atoms with Gasteiger partial charge in [-0.25, -0.2) is 9.78 Å². The van der Waals surface area contributed by atoms with Crippen LogP contribution in [0.5, 0.6) is 0 Å². The summed E-state index contributed by atoms with van der Waals surface area (Å²) in [5, 5.41) is 9.32. The molecular weight excluding hydrogens is 357 g/mol. The number of benzene rings is 1. The van der Waals surface area contributed by atoms with Crippen LogP contribution in [0.3, 0.4) is 0 Å². The molecule has 1 aromatic heterocycles. The van der Waals surface area contributed by atoms with Crippen LogP contribution in [-0.4, -0.2) is 22.6 Å². The zero-order valence-electron chi connectivity index (χ0n) is 12.9. The van der Waals surface area contributed by atoms with Crippen molar-refractivity contribution in [2.24, 2.45) is 0 Å². The van der Waals surface area contributed by atoms with E-state index in [0.717, 1.165) is 18.6 Å². The molecule has 1 fully saturated rings. The number of halogens is 4. The first-order valence-corrected chi connectivity index (χ1v) is 7.98. The first-order valence-electron chi connectivity index (χ1n) is 7.60. The highest BCUT2D eigenvalue weighted by Gasteiger charge is 2.34. The summed E-state index contributed by atoms with van der Waals surface area (Å²) in [6.07, 6.45) is -1.62. The van der Waals surface area contributed by atoms with E-state index in [1.165, 1.54) is 12.3 Å². The number of hydrogen-bond acceptors (Lipinski definition) is 3. The number of hydrogen-bond donors (Lipinski definition) is 1. The average Bonchev–Trinajstić information content (AvgIpc) is 3.03. The zero-order valence-corrected chi connectivity index (χ0v) is 13.7. The maximum Gasteiger partial charge on any atom is 0.416 e. The van der Waals surface area contributed by atoms with Crippen molar-refractivity contribution >= 4 is 23.3 Å². The minimum absolute atomic E-state index is 0.0116. The smallest absolute Gasteiger partial charge is 0.416 e. The fourth-order valence-electron chi connectivity index (χ4n) is 3.16. The number of rotatable bonds is 3. The van der Waals surface area contributed by atoms with Crippen molar-refractivity contribution in [1.29, 1.82) is 0 Å². The third-order valence-electron chi connectivity index (χ3n) is 4.24. The fourth-order valence-corrected chi connectivity index (χ4v) is 3.45. The van der Waals surface area contributed by atoms with Crippen molar-refractivity contribution in [3.8, 4) is 0 Å². The lowest BCUT2D eigenvalue weighted by molar-refractivity contribution is -0.137. The van der Waals surface area contributed by atoms with Gasteiger partial charge in [-0.15, -0.1) is 0 Å². The van der Waals surface area contributed by atoms with Crippen LogP contribution in [0.2, 0.25) is 5.02 Å². The zero-order chi connectivity index (χ0) is 18.2. The summed E-state index contributed by atoms with van der Waals surface area (Å²) in [7, 11) is 0. The topological polar surface area (TPSA) is 53.4 Å². The maximum atomic E-state index is 12.8. The maximum absolute atomic E-state index is 12.8. The summed E-state index contributed by atoms with van der Waals surface area (Å²) in [5.74, 6) is -1.14. The van der Waals surface area contributed by atoms with Crippen LogP contribution in [0.1, 0.15) is 40.5 Å². The van der Waals surface area contributed by atoms with Crippen molar-refractivity contribution in [2.75, 3.05) is 11.4 Å². The highest BCUT2D eigenvalue weighted by molar-refractivity contribution is 6.33. The van der Waals surface area contributed by atoms with E-state index < -0.39 is 17.7 Å². The van der Waals surface area contributed by atoms with Gasteiger partial charge < -0.3 is 10.0 Å². The third-order valence-corrected chi connectivity index (χ3v) is 4.54. The molecule has 8 heteroatoms. The molecule has 0 amide bonds. The van der Waals surface area contributed by atoms with Gasteiger partial charge in [0, 0.05) is 18.3 Å². The molecule has 0 radical (unpaired) electrons. The predicted molar refractivity (Wildman–Crippen MR) is 87.0 cm³/mol. The normalized spacial score (nSPS) is 17.8. The predicted octanol–water partition coefficient (Wildman–Crippen LogP) is 4.79. The van der Waals surface area contributed by atoms with Gasteiger partial charge in [0.25, 0.3) is 0 Å². The summed E-state index contributed by atoms with van der Waals surface area (Å²) in [4.78, 5) is 17.2. The molecule has 0 aliphatic carbocycles. The number of anilines is 1. The molecule has 4 nitrogen and oxygen atoms in total. The second-order valence-electron chi connectivity index (χ2n) is 5.76. The van der Waals surface area contributed by atoms with E-state index in [1.54, 1.807) is 12.1 Å². The van der Waals surface area contributed by atoms with E-state index in [4.69, 9.17) is 11.6 Å². The lowest BCUT2D eigenvalue weighted by Gasteiger charge is -2.29. The van der Waals surface area contributed by atoms with Gasteiger partial charge in [0.15, 0.2) is 5.69 Å². The number of nitrogens with zero attached hydrogens (tertiary/aromatic N) is 2. The fraction of sp³-hybridized carbons (Fsp3) is 0.294. The van der Waals surface area contributed by atoms with E-state index in [2.05, 4.69) is 4.98 Å². The Hall–Kier alpha value is -2.28. The van der Waals surface area contributed by atoms with Gasteiger partial charge in [-0.05, 0) is 37.1 Å². The molecule has 0 spiro atoms. The van der Waals surface area contributed by atoms with Crippen LogP contribution in [0, 0.1) is 0 Å². The second kappa shape index (κ2) is 6.55. The van der Waals surface area contributed by atoms with E-state index in [-0.39, 0.29) is 16.8 Å². The van der Waals surface area contributed by atoms with Crippen LogP contribution < -0.4 is 4.90 Å². The highest BCUT2D eigenvalue weighted by atomic mass is 35.5. The van der Waals surface area contributed by atoms with Crippen molar-refractivity contribution in [3.05, 3.63) is 58.4 Å². The number of aromatic carboxylic acids is 1. The Balaban J connectivity index is 2.00. The standard InChI is InChI=1S/C17H14ClF3N2O2/c18-12-9-10(17(19,20)21)5-6-14(12)23-8-2-4-13(23)11-3-1-7-22-15(11)16(24)25/h1,3,5-7,9,13H,2,4,8H2,(H,24,25). The SMILES string of the molecule is O=C(O)c1ncccc1C1CCCN1c1ccc(C(F)(F)F)cc1Cl. The first kappa shape index (κ1) is 17.5. The Morgan fingerprint density at radius 1 is 1.32 bits per heavy atom. The van der Waals surface area contributed by atoms with Gasteiger partial charge in [0.2, 0.25) is 0 Å². The number of carbonyl (C=O) groups is 1. The molecule has 0 bridgehead atoms. The van der Waals surface area contributed by atoms with Crippen LogP contribution in [0.4, 0.5) is 18.9 Å². The molecule has 0 saturated carbocycles. The van der Waals surface area contributed by atoms with Gasteiger partial charge in [-0.3, -0.25) is 0 Å². The minimum Gasteiger partial charge on any atom is -0.477 e. The quantitative estimate of drug-likeness (QED) is 0.843. The van der Waals surface area contributed by atoms with E-state index in [1.807, 2.05) is 4.90 Å². The van der Waals surface area contributed by atoms with Crippen molar-refractivity contribution in [3.63, 3.8) is 0 Å². The van der Waals surface area contributed by atoms with E-state index >= 15 is 0 Å². The summed E-state index contributed by atoms with van der Waals surface area (Å²) in [5.41, 5.74) is 0.118. The molecule has 1 aromatic carbocycles. The Kier molecular flexibility index (Phi) is 4.60. The van der Waals surface area contributed by atoms with Gasteiger partial charge in [-0.2, -0.15) is 13.2 Å². The summed E-state index contributed by atoms with van der Waals surface area (Å²) < 4.78 is 38.4. The molecular formula is C17H14ClF3N2O2. The van der Waals surface area contributed by atoms with Crippen LogP contribution >= 0.6 is 11.6 Å². The number of aromatic nitrogens is 1. The summed E-state index contributed by atoms with van der Waals surface area (Å²) >= 11 is 6.10. The Labute approximate surface area is 146 Å². The minimum atomic E-state index is -4.47. The van der Waals surface area contributed by atoms with Crippen molar-refractivity contribution < 1.29 is 23.1 Å². The first-order chi connectivity index (χ1) is 11.8. The van der Waals surface area contributed by atoms with Crippen LogP contribution in [-0.2, 0) is 6.18 Å². The van der Waals surface area contributed by atoms with E-state index in [0.29, 0.717) is 24.2 Å². The second-order valence-corrected chi connectivity index (χ2v) is 6.17. The monoisotopic (exact) mass is 370 g/mol. The molecule has 1 unspecified atom stereocenters. The summed E-state index contributed by atoms with van der Waals surface area (Å²) in [6.45, 7) is 0.573. The number of alkyl halides is 3. The lowest BCUT2D eigenvalue weighted by Crippen LogP contribution is -2.25. The third kappa shape index (κ3) is 3.42. The van der Waals surface area contributed by atoms with Crippen molar-refractivity contribution in [2.45, 2.75) is 25.1 Å². The highest BCUT2D eigenvalue weighted by Crippen LogP contribution is 2.42. The molecule has 2 heterocycles. The molecule has 3 rings (SSSR count). The van der Waals surface area contributed by atoms with Gasteiger partial charge >= 0.3 is 12.1 Å². The average molecular weight is 371 g/mol. The molecule has 2 aromatic rings. The van der Waals surface area contributed by atoms with Gasteiger partial charge in [0.1, 0.15) is 0 Å². The molecule has 1 saturated heterocycles. The van der Waals surface area contributed by atoms with E-state index in [9.17, 15) is 23.1 Å². The molecule has 1 aliphatic rings. The summed E-state index contributed by atoms with van der Waals surface area (Å²) in [6, 6.07) is 6.24. The van der Waals surface area contributed by atoms with Crippen LogP contribution in [0.25, 0.3) is 0 Å². The number of pyridine rings is 1. The lowest BCUT2D eigenvalue weighted by atomic mass is 10.0. The Morgan fingerprint density at radius 3 is 2.72 bits per heavy atom. The molecule has 132 valence electrons. The van der Waals surface area contributed by atoms with Gasteiger partial charge in [0.05, 0.1) is 22.3 Å².